The molecule has 0 aliphatic heterocycles. The minimum Gasteiger partial charge on any atom is -0.545 e. The van der Waals surface area contributed by atoms with E-state index in [1.54, 1.807) is 6.08 Å². The van der Waals surface area contributed by atoms with E-state index >= 15 is 0 Å². The van der Waals surface area contributed by atoms with Crippen molar-refractivity contribution in [3.05, 3.63) is 36.5 Å². The molecular weight excluding hydrogens is 272 g/mol. The molecule has 0 saturated heterocycles. The topological polar surface area (TPSA) is 40.1 Å². The molecule has 0 aromatic rings. The Labute approximate surface area is 137 Å². The van der Waals surface area contributed by atoms with Crippen molar-refractivity contribution in [2.24, 2.45) is 0 Å². The summed E-state index contributed by atoms with van der Waals surface area (Å²) < 4.78 is 0. The monoisotopic (exact) mass is 305 g/mol. The summed E-state index contributed by atoms with van der Waals surface area (Å²) in [5.74, 6) is -1.16. The highest BCUT2D eigenvalue weighted by atomic mass is 16.4. The second kappa shape index (κ2) is 17.7. The van der Waals surface area contributed by atoms with Gasteiger partial charge in [-0.2, -0.15) is 0 Å². The van der Waals surface area contributed by atoms with E-state index in [1.807, 2.05) is 12.2 Å². The number of carbonyl (C=O) groups excluding carboxylic acids is 1. The summed E-state index contributed by atoms with van der Waals surface area (Å²) in [4.78, 5) is 10.1. The molecule has 0 aromatic heterocycles. The molecule has 0 spiro atoms. The van der Waals surface area contributed by atoms with Gasteiger partial charge >= 0.3 is 0 Å². The van der Waals surface area contributed by atoms with E-state index in [9.17, 15) is 9.90 Å². The van der Waals surface area contributed by atoms with Crippen molar-refractivity contribution in [3.63, 3.8) is 0 Å². The third kappa shape index (κ3) is 18.7. The number of allylic oxidation sites excluding steroid dienone is 5. The van der Waals surface area contributed by atoms with Gasteiger partial charge in [-0.1, -0.05) is 102 Å². The van der Waals surface area contributed by atoms with Gasteiger partial charge in [0.05, 0.1) is 5.97 Å². The fraction of sp³-hybridized carbons (Fsp3) is 0.650. The highest BCUT2D eigenvalue weighted by Crippen LogP contribution is 2.11. The summed E-state index contributed by atoms with van der Waals surface area (Å²) in [6, 6.07) is 0. The minimum absolute atomic E-state index is 1.02. The van der Waals surface area contributed by atoms with Gasteiger partial charge < -0.3 is 9.90 Å². The molecule has 22 heavy (non-hydrogen) atoms. The number of hydrogen-bond acceptors (Lipinski definition) is 2. The van der Waals surface area contributed by atoms with Gasteiger partial charge in [-0.25, -0.2) is 0 Å². The number of carboxylic acids is 1. The van der Waals surface area contributed by atoms with Crippen LogP contribution in [0.2, 0.25) is 0 Å². The summed E-state index contributed by atoms with van der Waals surface area (Å²) in [6.07, 6.45) is 26.3. The molecule has 0 rings (SSSR count). The molecule has 0 atom stereocenters. The van der Waals surface area contributed by atoms with Crippen molar-refractivity contribution in [1.82, 2.24) is 0 Å². The molecule has 0 aliphatic carbocycles. The number of hydrogen-bond donors (Lipinski definition) is 0. The zero-order valence-corrected chi connectivity index (χ0v) is 14.3. The van der Waals surface area contributed by atoms with Crippen LogP contribution in [0.1, 0.15) is 84.0 Å². The Morgan fingerprint density at radius 3 is 1.77 bits per heavy atom. The maximum atomic E-state index is 10.1. The highest BCUT2D eigenvalue weighted by molar-refractivity contribution is 5.77. The first-order valence-corrected chi connectivity index (χ1v) is 8.98. The van der Waals surface area contributed by atoms with Crippen molar-refractivity contribution in [2.75, 3.05) is 0 Å². The molecule has 0 radical (unpaired) electrons. The van der Waals surface area contributed by atoms with Crippen LogP contribution in [-0.2, 0) is 4.79 Å². The molecule has 0 amide bonds. The summed E-state index contributed by atoms with van der Waals surface area (Å²) >= 11 is 0. The van der Waals surface area contributed by atoms with Gasteiger partial charge in [-0.15, -0.1) is 0 Å². The number of unbranched alkanes of at least 4 members (excludes halogenated alkanes) is 11. The Morgan fingerprint density at radius 2 is 1.23 bits per heavy atom. The fourth-order valence-corrected chi connectivity index (χ4v) is 2.36. The van der Waals surface area contributed by atoms with Gasteiger partial charge in [0, 0.05) is 0 Å². The number of carbonyl (C=O) groups is 1. The maximum absolute atomic E-state index is 10.1. The lowest BCUT2D eigenvalue weighted by Gasteiger charge is -2.01. The Kier molecular flexibility index (Phi) is 16.7. The zero-order valence-electron chi connectivity index (χ0n) is 14.3. The van der Waals surface area contributed by atoms with E-state index in [4.69, 9.17) is 0 Å². The third-order valence-electron chi connectivity index (χ3n) is 3.68. The smallest absolute Gasteiger partial charge is 0.0642 e. The van der Waals surface area contributed by atoms with Crippen LogP contribution in [0.15, 0.2) is 36.5 Å². The molecule has 0 saturated carbocycles. The van der Waals surface area contributed by atoms with E-state index in [0.29, 0.717) is 0 Å². The molecule has 0 fully saturated rings. The SMILES string of the molecule is CCCCCCCCCCCCC/C=C/C=C/C=C/C(=O)[O-]. The van der Waals surface area contributed by atoms with E-state index < -0.39 is 5.97 Å². The number of carboxylic acid groups (broad SMARTS) is 1. The van der Waals surface area contributed by atoms with E-state index in [0.717, 1.165) is 12.5 Å². The Bertz CT molecular complexity index is 327. The van der Waals surface area contributed by atoms with Gasteiger partial charge in [0.1, 0.15) is 0 Å². The van der Waals surface area contributed by atoms with Crippen molar-refractivity contribution in [2.45, 2.75) is 84.0 Å². The van der Waals surface area contributed by atoms with Gasteiger partial charge in [0.15, 0.2) is 0 Å². The van der Waals surface area contributed by atoms with Crippen LogP contribution in [0.4, 0.5) is 0 Å². The van der Waals surface area contributed by atoms with E-state index in [1.165, 1.54) is 76.7 Å². The number of aliphatic carboxylic acids is 1. The lowest BCUT2D eigenvalue weighted by molar-refractivity contribution is -0.297. The second-order valence-electron chi connectivity index (χ2n) is 5.82. The molecule has 0 unspecified atom stereocenters. The molecular formula is C20H33O2-. The highest BCUT2D eigenvalue weighted by Gasteiger charge is 1.92. The number of rotatable bonds is 15. The first-order valence-electron chi connectivity index (χ1n) is 8.98. The normalized spacial score (nSPS) is 12.0. The summed E-state index contributed by atoms with van der Waals surface area (Å²) in [5.41, 5.74) is 0. The average Bonchev–Trinajstić information content (AvgIpc) is 2.50. The van der Waals surface area contributed by atoms with Crippen LogP contribution < -0.4 is 5.11 Å². The lowest BCUT2D eigenvalue weighted by Crippen LogP contribution is -2.18. The Morgan fingerprint density at radius 1 is 0.727 bits per heavy atom. The fourth-order valence-electron chi connectivity index (χ4n) is 2.36. The van der Waals surface area contributed by atoms with Crippen molar-refractivity contribution in [1.29, 1.82) is 0 Å². The Balaban J connectivity index is 3.21. The van der Waals surface area contributed by atoms with Gasteiger partial charge in [0.2, 0.25) is 0 Å². The van der Waals surface area contributed by atoms with Crippen LogP contribution in [0.3, 0.4) is 0 Å². The molecule has 0 N–H and O–H groups in total. The van der Waals surface area contributed by atoms with Crippen LogP contribution in [-0.4, -0.2) is 5.97 Å². The zero-order chi connectivity index (χ0) is 16.3. The molecule has 126 valence electrons. The average molecular weight is 305 g/mol. The van der Waals surface area contributed by atoms with Gasteiger partial charge in [-0.05, 0) is 18.9 Å². The van der Waals surface area contributed by atoms with E-state index in [-0.39, 0.29) is 0 Å². The van der Waals surface area contributed by atoms with Crippen molar-refractivity contribution >= 4 is 5.97 Å². The third-order valence-corrected chi connectivity index (χ3v) is 3.68. The molecule has 2 heteroatoms. The van der Waals surface area contributed by atoms with Gasteiger partial charge in [0.25, 0.3) is 0 Å². The van der Waals surface area contributed by atoms with E-state index in [2.05, 4.69) is 13.0 Å². The molecule has 2 nitrogen and oxygen atoms in total. The van der Waals surface area contributed by atoms with Crippen molar-refractivity contribution in [3.8, 4) is 0 Å². The second-order valence-corrected chi connectivity index (χ2v) is 5.82. The molecule has 0 aliphatic rings. The van der Waals surface area contributed by atoms with Crippen LogP contribution in [0, 0.1) is 0 Å². The van der Waals surface area contributed by atoms with Crippen LogP contribution >= 0.6 is 0 Å². The lowest BCUT2D eigenvalue weighted by atomic mass is 10.1. The molecule has 0 heterocycles. The summed E-state index contributed by atoms with van der Waals surface area (Å²) in [5, 5.41) is 10.1. The van der Waals surface area contributed by atoms with Crippen molar-refractivity contribution < 1.29 is 9.90 Å². The molecule has 0 bridgehead atoms. The Hall–Kier alpha value is -1.31. The largest absolute Gasteiger partial charge is 0.545 e. The minimum atomic E-state index is -1.16. The summed E-state index contributed by atoms with van der Waals surface area (Å²) in [7, 11) is 0. The predicted molar refractivity (Wildman–Crippen MR) is 93.5 cm³/mol. The summed E-state index contributed by atoms with van der Waals surface area (Å²) in [6.45, 7) is 2.26. The first kappa shape index (κ1) is 20.7. The molecule has 0 aromatic carbocycles. The maximum Gasteiger partial charge on any atom is 0.0642 e. The predicted octanol–water partition coefficient (Wildman–Crippen LogP) is 5.11. The quantitative estimate of drug-likeness (QED) is 0.240. The first-order chi connectivity index (χ1) is 10.8. The van der Waals surface area contributed by atoms with Crippen LogP contribution in [0.25, 0.3) is 0 Å². The standard InChI is InChI=1S/C20H34O2/c1-2-3-4-5-6-7-8-9-10-11-12-13-14-15-16-17-18-19-20(21)22/h14-19H,2-13H2,1H3,(H,21,22)/p-1/b15-14+,17-16+,19-18+. The van der Waals surface area contributed by atoms with Gasteiger partial charge in [-0.3, -0.25) is 0 Å². The van der Waals surface area contributed by atoms with Crippen LogP contribution in [0.5, 0.6) is 0 Å².